The third kappa shape index (κ3) is 3.81. The molecule has 1 aromatic rings. The summed E-state index contributed by atoms with van der Waals surface area (Å²) in [4.78, 5) is 14.8. The maximum absolute atomic E-state index is 12.0. The molecule has 0 atom stereocenters. The Kier molecular flexibility index (Phi) is 5.22. The molecule has 0 aliphatic carbocycles. The van der Waals surface area contributed by atoms with Gasteiger partial charge in [-0.3, -0.25) is 4.79 Å². The van der Waals surface area contributed by atoms with Gasteiger partial charge in [-0.1, -0.05) is 23.2 Å². The third-order valence-electron chi connectivity index (χ3n) is 2.95. The molecule has 0 unspecified atom stereocenters. The average Bonchev–Trinajstić information content (AvgIpc) is 2.40. The van der Waals surface area contributed by atoms with Crippen LogP contribution in [0.2, 0.25) is 10.0 Å². The minimum atomic E-state index is 0.191. The SMILES string of the molecule is O=C(CSc1cc(Cl)ccc1Cl)N1CCCCC1. The first kappa shape index (κ1) is 14.0. The lowest BCUT2D eigenvalue weighted by atomic mass is 10.1. The number of rotatable bonds is 3. The summed E-state index contributed by atoms with van der Waals surface area (Å²) in [6.07, 6.45) is 3.47. The molecular weight excluding hydrogens is 289 g/mol. The van der Waals surface area contributed by atoms with Crippen molar-refractivity contribution in [1.29, 1.82) is 0 Å². The van der Waals surface area contributed by atoms with E-state index in [9.17, 15) is 4.79 Å². The Bertz CT molecular complexity index is 433. The molecule has 1 heterocycles. The number of thioether (sulfide) groups is 1. The number of amides is 1. The molecule has 2 nitrogen and oxygen atoms in total. The highest BCUT2D eigenvalue weighted by Gasteiger charge is 2.16. The van der Waals surface area contributed by atoms with E-state index in [0.29, 0.717) is 15.8 Å². The maximum atomic E-state index is 12.0. The fourth-order valence-electron chi connectivity index (χ4n) is 1.96. The molecule has 18 heavy (non-hydrogen) atoms. The number of benzene rings is 1. The molecule has 98 valence electrons. The smallest absolute Gasteiger partial charge is 0.232 e. The molecule has 0 spiro atoms. The molecule has 0 saturated carbocycles. The van der Waals surface area contributed by atoms with Gasteiger partial charge >= 0.3 is 0 Å². The molecule has 1 amide bonds. The fraction of sp³-hybridized carbons (Fsp3) is 0.462. The third-order valence-corrected chi connectivity index (χ3v) is 4.67. The Morgan fingerprint density at radius 3 is 2.67 bits per heavy atom. The highest BCUT2D eigenvalue weighted by molar-refractivity contribution is 8.00. The molecule has 1 aliphatic rings. The lowest BCUT2D eigenvalue weighted by molar-refractivity contribution is -0.129. The van der Waals surface area contributed by atoms with Gasteiger partial charge in [0.25, 0.3) is 0 Å². The quantitative estimate of drug-likeness (QED) is 0.784. The summed E-state index contributed by atoms with van der Waals surface area (Å²) in [5, 5.41) is 1.29. The summed E-state index contributed by atoms with van der Waals surface area (Å²) >= 11 is 13.4. The van der Waals surface area contributed by atoms with Gasteiger partial charge < -0.3 is 4.90 Å². The van der Waals surface area contributed by atoms with Crippen molar-refractivity contribution in [1.82, 2.24) is 4.90 Å². The molecule has 1 saturated heterocycles. The number of hydrogen-bond acceptors (Lipinski definition) is 2. The van der Waals surface area contributed by atoms with Gasteiger partial charge in [-0.25, -0.2) is 0 Å². The highest BCUT2D eigenvalue weighted by atomic mass is 35.5. The first-order valence-corrected chi connectivity index (χ1v) is 7.76. The number of piperidine rings is 1. The van der Waals surface area contributed by atoms with E-state index in [-0.39, 0.29) is 5.91 Å². The normalized spacial score (nSPS) is 15.8. The summed E-state index contributed by atoms with van der Waals surface area (Å²) in [5.41, 5.74) is 0. The second-order valence-corrected chi connectivity index (χ2v) is 6.17. The van der Waals surface area contributed by atoms with Crippen LogP contribution in [0.25, 0.3) is 0 Å². The second kappa shape index (κ2) is 6.69. The van der Waals surface area contributed by atoms with Gasteiger partial charge in [0.15, 0.2) is 0 Å². The zero-order valence-electron chi connectivity index (χ0n) is 9.99. The van der Waals surface area contributed by atoms with Crippen LogP contribution in [0.1, 0.15) is 19.3 Å². The predicted molar refractivity (Wildman–Crippen MR) is 77.6 cm³/mol. The Morgan fingerprint density at radius 1 is 1.22 bits per heavy atom. The standard InChI is InChI=1S/C13H15Cl2NOS/c14-10-4-5-11(15)12(8-10)18-9-13(17)16-6-2-1-3-7-16/h4-5,8H,1-3,6-7,9H2. The number of halogens is 2. The molecule has 1 aromatic carbocycles. The lowest BCUT2D eigenvalue weighted by Gasteiger charge is -2.26. The molecule has 5 heteroatoms. The van der Waals surface area contributed by atoms with Gasteiger partial charge in [0.05, 0.1) is 10.8 Å². The second-order valence-electron chi connectivity index (χ2n) is 4.30. The number of carbonyl (C=O) groups is 1. The first-order valence-electron chi connectivity index (χ1n) is 6.02. The number of nitrogens with zero attached hydrogens (tertiary/aromatic N) is 1. The number of hydrogen-bond donors (Lipinski definition) is 0. The van der Waals surface area contributed by atoms with Crippen LogP contribution in [0.15, 0.2) is 23.1 Å². The summed E-state index contributed by atoms with van der Waals surface area (Å²) in [7, 11) is 0. The van der Waals surface area contributed by atoms with Crippen LogP contribution >= 0.6 is 35.0 Å². The van der Waals surface area contributed by atoms with E-state index in [2.05, 4.69) is 0 Å². The fourth-order valence-corrected chi connectivity index (χ4v) is 3.36. The van der Waals surface area contributed by atoms with E-state index < -0.39 is 0 Å². The van der Waals surface area contributed by atoms with Gasteiger partial charge in [0, 0.05) is 23.0 Å². The van der Waals surface area contributed by atoms with Crippen LogP contribution in [-0.4, -0.2) is 29.6 Å². The minimum absolute atomic E-state index is 0.191. The molecule has 2 rings (SSSR count). The van der Waals surface area contributed by atoms with E-state index >= 15 is 0 Å². The zero-order chi connectivity index (χ0) is 13.0. The van der Waals surface area contributed by atoms with Gasteiger partial charge in [0.2, 0.25) is 5.91 Å². The molecule has 0 radical (unpaired) electrons. The minimum Gasteiger partial charge on any atom is -0.342 e. The maximum Gasteiger partial charge on any atom is 0.232 e. The highest BCUT2D eigenvalue weighted by Crippen LogP contribution is 2.30. The van der Waals surface area contributed by atoms with Crippen molar-refractivity contribution in [2.45, 2.75) is 24.2 Å². The Balaban J connectivity index is 1.90. The molecule has 1 fully saturated rings. The van der Waals surface area contributed by atoms with Crippen molar-refractivity contribution >= 4 is 40.9 Å². The Hall–Kier alpha value is -0.380. The predicted octanol–water partition coefficient (Wildman–Crippen LogP) is 4.10. The van der Waals surface area contributed by atoms with Gasteiger partial charge in [-0.15, -0.1) is 11.8 Å². The van der Waals surface area contributed by atoms with E-state index in [0.717, 1.165) is 30.8 Å². The molecular formula is C13H15Cl2NOS. The molecule has 0 N–H and O–H groups in total. The molecule has 0 aromatic heterocycles. The van der Waals surface area contributed by atoms with Crippen molar-refractivity contribution in [3.05, 3.63) is 28.2 Å². The Labute approximate surface area is 122 Å². The summed E-state index contributed by atoms with van der Waals surface area (Å²) in [6, 6.07) is 5.32. The number of carbonyl (C=O) groups excluding carboxylic acids is 1. The van der Waals surface area contributed by atoms with Crippen molar-refractivity contribution in [2.24, 2.45) is 0 Å². The monoisotopic (exact) mass is 303 g/mol. The summed E-state index contributed by atoms with van der Waals surface area (Å²) in [6.45, 7) is 1.78. The average molecular weight is 304 g/mol. The Morgan fingerprint density at radius 2 is 1.94 bits per heavy atom. The van der Waals surface area contributed by atoms with E-state index in [1.807, 2.05) is 4.90 Å². The van der Waals surface area contributed by atoms with Crippen LogP contribution in [0, 0.1) is 0 Å². The van der Waals surface area contributed by atoms with Crippen LogP contribution in [-0.2, 0) is 4.79 Å². The van der Waals surface area contributed by atoms with Crippen molar-refractivity contribution in [3.8, 4) is 0 Å². The summed E-state index contributed by atoms with van der Waals surface area (Å²) < 4.78 is 0. The topological polar surface area (TPSA) is 20.3 Å². The van der Waals surface area contributed by atoms with E-state index in [4.69, 9.17) is 23.2 Å². The lowest BCUT2D eigenvalue weighted by Crippen LogP contribution is -2.36. The van der Waals surface area contributed by atoms with E-state index in [1.165, 1.54) is 18.2 Å². The van der Waals surface area contributed by atoms with Gasteiger partial charge in [-0.05, 0) is 37.5 Å². The van der Waals surface area contributed by atoms with Crippen molar-refractivity contribution in [3.63, 3.8) is 0 Å². The number of likely N-dealkylation sites (tertiary alicyclic amines) is 1. The zero-order valence-corrected chi connectivity index (χ0v) is 12.3. The van der Waals surface area contributed by atoms with Crippen LogP contribution in [0.5, 0.6) is 0 Å². The van der Waals surface area contributed by atoms with Gasteiger partial charge in [0.1, 0.15) is 0 Å². The van der Waals surface area contributed by atoms with Crippen molar-refractivity contribution in [2.75, 3.05) is 18.8 Å². The van der Waals surface area contributed by atoms with Crippen LogP contribution < -0.4 is 0 Å². The van der Waals surface area contributed by atoms with Crippen LogP contribution in [0.4, 0.5) is 0 Å². The molecule has 1 aliphatic heterocycles. The van der Waals surface area contributed by atoms with Gasteiger partial charge in [-0.2, -0.15) is 0 Å². The largest absolute Gasteiger partial charge is 0.342 e. The first-order chi connectivity index (χ1) is 8.66. The van der Waals surface area contributed by atoms with Crippen molar-refractivity contribution < 1.29 is 4.79 Å². The van der Waals surface area contributed by atoms with Crippen LogP contribution in [0.3, 0.4) is 0 Å². The summed E-state index contributed by atoms with van der Waals surface area (Å²) in [5.74, 6) is 0.621. The van der Waals surface area contributed by atoms with E-state index in [1.54, 1.807) is 18.2 Å². The molecule has 0 bridgehead atoms.